The first-order valence-corrected chi connectivity index (χ1v) is 9.15. The first kappa shape index (κ1) is 17.2. The lowest BCUT2D eigenvalue weighted by Gasteiger charge is -2.07. The van der Waals surface area contributed by atoms with Gasteiger partial charge in [0.25, 0.3) is 5.69 Å². The topological polar surface area (TPSA) is 68.2 Å². The number of methoxy groups -OCH3 is 1. The number of ether oxygens (including phenoxy) is 1. The summed E-state index contributed by atoms with van der Waals surface area (Å²) in [5.41, 5.74) is 2.36. The first-order valence-electron chi connectivity index (χ1n) is 8.34. The molecule has 0 aliphatic heterocycles. The molecule has 0 unspecified atom stereocenters. The molecule has 0 spiro atoms. The van der Waals surface area contributed by atoms with E-state index < -0.39 is 0 Å². The Kier molecular flexibility index (Phi) is 4.56. The lowest BCUT2D eigenvalue weighted by molar-refractivity contribution is -0.384. The Bertz CT molecular complexity index is 1120. The molecule has 5 nitrogen and oxygen atoms in total. The predicted molar refractivity (Wildman–Crippen MR) is 108 cm³/mol. The van der Waals surface area contributed by atoms with Gasteiger partial charge in [0.1, 0.15) is 5.75 Å². The first-order chi connectivity index (χ1) is 13.2. The zero-order valence-corrected chi connectivity index (χ0v) is 15.3. The number of fused-ring (bicyclic) bond motifs is 1. The van der Waals surface area contributed by atoms with Crippen LogP contribution in [0.3, 0.4) is 0 Å². The zero-order chi connectivity index (χ0) is 18.8. The molecule has 4 rings (SSSR count). The molecule has 0 saturated carbocycles. The minimum Gasteiger partial charge on any atom is -0.497 e. The summed E-state index contributed by atoms with van der Waals surface area (Å²) in [4.78, 5) is 16.5. The van der Waals surface area contributed by atoms with Gasteiger partial charge in [-0.25, -0.2) is 0 Å². The Morgan fingerprint density at radius 1 is 0.963 bits per heavy atom. The minimum atomic E-state index is -0.345. The van der Waals surface area contributed by atoms with Gasteiger partial charge in [-0.15, -0.1) is 0 Å². The average Bonchev–Trinajstić information content (AvgIpc) is 3.07. The highest BCUT2D eigenvalue weighted by atomic mass is 32.2. The van der Waals surface area contributed by atoms with Crippen molar-refractivity contribution in [2.75, 3.05) is 7.11 Å². The fourth-order valence-corrected chi connectivity index (χ4v) is 4.08. The highest BCUT2D eigenvalue weighted by Gasteiger charge is 2.21. The van der Waals surface area contributed by atoms with E-state index in [0.29, 0.717) is 5.56 Å². The van der Waals surface area contributed by atoms with Gasteiger partial charge in [0.15, 0.2) is 0 Å². The van der Waals surface area contributed by atoms with Crippen LogP contribution in [0.25, 0.3) is 22.2 Å². The Labute approximate surface area is 160 Å². The van der Waals surface area contributed by atoms with E-state index >= 15 is 0 Å². The number of para-hydroxylation sites is 2. The number of hydrogen-bond acceptors (Lipinski definition) is 4. The van der Waals surface area contributed by atoms with E-state index in [1.807, 2.05) is 54.6 Å². The molecule has 27 heavy (non-hydrogen) atoms. The number of benzene rings is 3. The van der Waals surface area contributed by atoms with Crippen LogP contribution in [0.4, 0.5) is 5.69 Å². The molecule has 0 amide bonds. The molecule has 3 aromatic carbocycles. The molecule has 0 radical (unpaired) electrons. The van der Waals surface area contributed by atoms with Crippen molar-refractivity contribution in [2.45, 2.75) is 9.79 Å². The van der Waals surface area contributed by atoms with E-state index in [2.05, 4.69) is 4.98 Å². The van der Waals surface area contributed by atoms with Crippen LogP contribution in [0, 0.1) is 10.1 Å². The second kappa shape index (κ2) is 7.17. The normalized spacial score (nSPS) is 10.9. The van der Waals surface area contributed by atoms with Crippen LogP contribution in [0.15, 0.2) is 82.6 Å². The maximum absolute atomic E-state index is 11.5. The van der Waals surface area contributed by atoms with Crippen molar-refractivity contribution in [2.24, 2.45) is 0 Å². The van der Waals surface area contributed by atoms with Gasteiger partial charge in [0.2, 0.25) is 0 Å². The molecule has 1 aromatic heterocycles. The van der Waals surface area contributed by atoms with Gasteiger partial charge < -0.3 is 9.72 Å². The smallest absolute Gasteiger partial charge is 0.278 e. The lowest BCUT2D eigenvalue weighted by atomic mass is 10.1. The summed E-state index contributed by atoms with van der Waals surface area (Å²) in [6.07, 6.45) is 0. The molecule has 1 heterocycles. The Hall–Kier alpha value is -3.25. The number of nitrogens with one attached hydrogen (secondary N) is 1. The Morgan fingerprint density at radius 3 is 2.41 bits per heavy atom. The molecule has 134 valence electrons. The van der Waals surface area contributed by atoms with Crippen LogP contribution in [0.5, 0.6) is 5.75 Å². The molecule has 4 aromatic rings. The number of H-pyrrole nitrogens is 1. The summed E-state index contributed by atoms with van der Waals surface area (Å²) >= 11 is 1.58. The molecule has 0 aliphatic carbocycles. The second-order valence-corrected chi connectivity index (χ2v) is 7.01. The fraction of sp³-hybridized carbons (Fsp3) is 0.0476. The second-order valence-electron chi connectivity index (χ2n) is 5.93. The third-order valence-corrected chi connectivity index (χ3v) is 5.44. The van der Waals surface area contributed by atoms with E-state index in [-0.39, 0.29) is 10.6 Å². The van der Waals surface area contributed by atoms with Crippen LogP contribution in [-0.2, 0) is 0 Å². The number of aromatic amines is 1. The maximum atomic E-state index is 11.5. The maximum Gasteiger partial charge on any atom is 0.278 e. The van der Waals surface area contributed by atoms with E-state index in [0.717, 1.165) is 32.1 Å². The van der Waals surface area contributed by atoms with Gasteiger partial charge in [-0.3, -0.25) is 10.1 Å². The number of hydrogen-bond donors (Lipinski definition) is 1. The Morgan fingerprint density at radius 2 is 1.67 bits per heavy atom. The van der Waals surface area contributed by atoms with Crippen molar-refractivity contribution >= 4 is 28.4 Å². The van der Waals surface area contributed by atoms with Crippen LogP contribution in [-0.4, -0.2) is 17.0 Å². The summed E-state index contributed by atoms with van der Waals surface area (Å²) in [6.45, 7) is 0. The summed E-state index contributed by atoms with van der Waals surface area (Å²) in [6, 6.07) is 22.5. The number of aromatic nitrogens is 1. The van der Waals surface area contributed by atoms with Crippen molar-refractivity contribution in [3.8, 4) is 17.0 Å². The summed E-state index contributed by atoms with van der Waals surface area (Å²) in [7, 11) is 1.63. The third-order valence-electron chi connectivity index (χ3n) is 4.31. The number of nitro benzene ring substituents is 1. The van der Waals surface area contributed by atoms with E-state index in [1.165, 1.54) is 6.07 Å². The van der Waals surface area contributed by atoms with Gasteiger partial charge in [-0.1, -0.05) is 42.1 Å². The van der Waals surface area contributed by atoms with E-state index in [4.69, 9.17) is 4.74 Å². The third kappa shape index (κ3) is 3.27. The van der Waals surface area contributed by atoms with E-state index in [1.54, 1.807) is 31.0 Å². The fourth-order valence-electron chi connectivity index (χ4n) is 3.02. The standard InChI is InChI=1S/C21H16N2O3S/c1-26-14-10-12-15(13-11-14)27-21-16-6-2-4-8-18(16)22-20(21)17-7-3-5-9-19(17)23(24)25/h2-13,22H,1H3. The summed E-state index contributed by atoms with van der Waals surface area (Å²) < 4.78 is 5.22. The highest BCUT2D eigenvalue weighted by molar-refractivity contribution is 7.99. The van der Waals surface area contributed by atoms with Crippen LogP contribution in [0.1, 0.15) is 0 Å². The van der Waals surface area contributed by atoms with Gasteiger partial charge in [-0.2, -0.15) is 0 Å². The van der Waals surface area contributed by atoms with Crippen molar-refractivity contribution in [3.05, 3.63) is 82.9 Å². The van der Waals surface area contributed by atoms with Crippen LogP contribution < -0.4 is 4.74 Å². The van der Waals surface area contributed by atoms with Gasteiger partial charge in [0.05, 0.1) is 23.3 Å². The summed E-state index contributed by atoms with van der Waals surface area (Å²) in [5, 5.41) is 12.6. The Balaban J connectivity index is 1.88. The van der Waals surface area contributed by atoms with Gasteiger partial charge in [-0.05, 0) is 36.4 Å². The van der Waals surface area contributed by atoms with Crippen LogP contribution >= 0.6 is 11.8 Å². The molecule has 1 N–H and O–H groups in total. The van der Waals surface area contributed by atoms with Crippen molar-refractivity contribution in [3.63, 3.8) is 0 Å². The number of nitrogens with zero attached hydrogens (tertiary/aromatic N) is 1. The van der Waals surface area contributed by atoms with Crippen molar-refractivity contribution in [1.82, 2.24) is 4.98 Å². The molecule has 0 saturated heterocycles. The number of nitro groups is 1. The molecule has 0 fully saturated rings. The van der Waals surface area contributed by atoms with Crippen LogP contribution in [0.2, 0.25) is 0 Å². The summed E-state index contributed by atoms with van der Waals surface area (Å²) in [5.74, 6) is 0.789. The quantitative estimate of drug-likeness (QED) is 0.348. The van der Waals surface area contributed by atoms with Gasteiger partial charge >= 0.3 is 0 Å². The zero-order valence-electron chi connectivity index (χ0n) is 14.5. The molecular weight excluding hydrogens is 360 g/mol. The highest BCUT2D eigenvalue weighted by Crippen LogP contribution is 2.43. The molecule has 0 bridgehead atoms. The number of rotatable bonds is 5. The molecule has 0 atom stereocenters. The monoisotopic (exact) mass is 376 g/mol. The lowest BCUT2D eigenvalue weighted by Crippen LogP contribution is -1.92. The average molecular weight is 376 g/mol. The SMILES string of the molecule is COc1ccc(Sc2c(-c3ccccc3[N+](=O)[O-])[nH]c3ccccc23)cc1. The van der Waals surface area contributed by atoms with E-state index in [9.17, 15) is 10.1 Å². The van der Waals surface area contributed by atoms with Gasteiger partial charge in [0, 0.05) is 26.8 Å². The van der Waals surface area contributed by atoms with Crippen molar-refractivity contribution in [1.29, 1.82) is 0 Å². The molecular formula is C21H16N2O3S. The molecule has 0 aliphatic rings. The largest absolute Gasteiger partial charge is 0.497 e. The molecule has 6 heteroatoms. The predicted octanol–water partition coefficient (Wildman–Crippen LogP) is 5.90. The minimum absolute atomic E-state index is 0.0839. The van der Waals surface area contributed by atoms with Crippen molar-refractivity contribution < 1.29 is 9.66 Å².